The predicted octanol–water partition coefficient (Wildman–Crippen LogP) is 4.84. The number of aryl methyl sites for hydroxylation is 3. The van der Waals surface area contributed by atoms with Crippen molar-refractivity contribution in [1.82, 2.24) is 29.3 Å². The summed E-state index contributed by atoms with van der Waals surface area (Å²) < 4.78 is 7.39. The highest BCUT2D eigenvalue weighted by Crippen LogP contribution is 2.33. The number of hydrogen-bond acceptors (Lipinski definition) is 7. The number of rotatable bonds is 5. The number of aromatic nitrogens is 4. The van der Waals surface area contributed by atoms with Crippen molar-refractivity contribution in [3.63, 3.8) is 0 Å². The van der Waals surface area contributed by atoms with Crippen LogP contribution < -0.4 is 0 Å². The third-order valence-corrected chi connectivity index (χ3v) is 7.07. The van der Waals surface area contributed by atoms with Crippen LogP contribution in [0.1, 0.15) is 67.9 Å². The van der Waals surface area contributed by atoms with E-state index in [1.54, 1.807) is 26.3 Å². The Hall–Kier alpha value is -3.56. The Morgan fingerprint density at radius 1 is 1.18 bits per heavy atom. The van der Waals surface area contributed by atoms with Crippen LogP contribution in [0.3, 0.4) is 0 Å². The Morgan fingerprint density at radius 3 is 2.56 bits per heavy atom. The maximum Gasteiger partial charge on any atom is 0.254 e. The van der Waals surface area contributed by atoms with Gasteiger partial charge >= 0.3 is 0 Å². The van der Waals surface area contributed by atoms with Gasteiger partial charge in [-0.1, -0.05) is 13.8 Å². The van der Waals surface area contributed by atoms with Gasteiger partial charge < -0.3 is 19.0 Å². The molecule has 1 atom stereocenters. The van der Waals surface area contributed by atoms with Gasteiger partial charge in [0.05, 0.1) is 11.4 Å². The van der Waals surface area contributed by atoms with Gasteiger partial charge in [-0.25, -0.2) is 15.0 Å². The highest BCUT2D eigenvalue weighted by Gasteiger charge is 2.30. The zero-order chi connectivity index (χ0) is 28.5. The van der Waals surface area contributed by atoms with Crippen LogP contribution in [-0.4, -0.2) is 66.0 Å². The third-order valence-electron chi connectivity index (χ3n) is 7.07. The van der Waals surface area contributed by atoms with Crippen LogP contribution in [0.15, 0.2) is 41.3 Å². The number of amides is 1. The monoisotopic (exact) mass is 532 g/mol. The molecule has 0 radical (unpaired) electrons. The molecule has 1 unspecified atom stereocenters. The fourth-order valence-corrected chi connectivity index (χ4v) is 5.11. The topological polar surface area (TPSA) is 101 Å². The molecule has 0 bridgehead atoms. The van der Waals surface area contributed by atoms with Crippen LogP contribution in [0.5, 0.6) is 0 Å². The minimum atomic E-state index is -1.15. The predicted molar refractivity (Wildman–Crippen MR) is 152 cm³/mol. The average Bonchev–Trinajstić information content (AvgIpc) is 3.46. The van der Waals surface area contributed by atoms with Gasteiger partial charge in [-0.3, -0.25) is 9.69 Å². The molecule has 1 aliphatic rings. The fraction of sp³-hybridized carbons (Fsp3) is 0.467. The fourth-order valence-electron chi connectivity index (χ4n) is 5.11. The lowest BCUT2D eigenvalue weighted by molar-refractivity contribution is 0.0472. The molecule has 5 rings (SSSR count). The largest absolute Gasteiger partial charge is 0.449 e. The second-order valence-corrected chi connectivity index (χ2v) is 10.6. The number of carbonyl (C=O) groups excluding carboxylic acids is 1. The van der Waals surface area contributed by atoms with Gasteiger partial charge in [0.15, 0.2) is 11.7 Å². The number of oxazole rings is 1. The molecule has 1 saturated heterocycles. The molecular weight excluding hydrogens is 492 g/mol. The van der Waals surface area contributed by atoms with Crippen molar-refractivity contribution in [2.45, 2.75) is 66.7 Å². The second-order valence-electron chi connectivity index (χ2n) is 10.6. The minimum absolute atomic E-state index is 0.0403. The van der Waals surface area contributed by atoms with E-state index >= 15 is 0 Å². The zero-order valence-corrected chi connectivity index (χ0v) is 24.3. The molecule has 208 valence electrons. The van der Waals surface area contributed by atoms with Gasteiger partial charge in [0.1, 0.15) is 11.9 Å². The van der Waals surface area contributed by atoms with E-state index in [2.05, 4.69) is 32.8 Å². The van der Waals surface area contributed by atoms with E-state index < -0.39 is 5.60 Å². The smallest absolute Gasteiger partial charge is 0.254 e. The first-order valence-electron chi connectivity index (χ1n) is 13.6. The lowest BCUT2D eigenvalue weighted by atomic mass is 10.0. The molecule has 1 N–H and O–H groups in total. The summed E-state index contributed by atoms with van der Waals surface area (Å²) in [4.78, 5) is 31.4. The zero-order valence-electron chi connectivity index (χ0n) is 24.3. The molecule has 3 aromatic heterocycles. The number of benzene rings is 1. The van der Waals surface area contributed by atoms with Crippen LogP contribution in [0.25, 0.3) is 22.2 Å². The number of piperazine rings is 1. The summed E-state index contributed by atoms with van der Waals surface area (Å²) in [5, 5.41) is 11.4. The molecule has 0 saturated carbocycles. The Balaban J connectivity index is 0.00000172. The van der Waals surface area contributed by atoms with E-state index in [-0.39, 0.29) is 11.9 Å². The van der Waals surface area contributed by atoms with E-state index in [0.717, 1.165) is 40.8 Å². The first-order chi connectivity index (χ1) is 18.5. The molecule has 1 amide bonds. The van der Waals surface area contributed by atoms with Gasteiger partial charge in [0, 0.05) is 80.6 Å². The Bertz CT molecular complexity index is 1470. The summed E-state index contributed by atoms with van der Waals surface area (Å²) in [7, 11) is 1.99. The molecule has 1 aromatic carbocycles. The lowest BCUT2D eigenvalue weighted by Crippen LogP contribution is -2.53. The normalized spacial score (nSPS) is 16.3. The minimum Gasteiger partial charge on any atom is -0.449 e. The summed E-state index contributed by atoms with van der Waals surface area (Å²) >= 11 is 0. The molecule has 9 heteroatoms. The van der Waals surface area contributed by atoms with Crippen molar-refractivity contribution in [2.75, 3.05) is 19.6 Å². The molecule has 0 aliphatic carbocycles. The number of fused-ring (bicyclic) bond motifs is 1. The summed E-state index contributed by atoms with van der Waals surface area (Å²) in [6, 6.07) is 5.96. The number of aliphatic hydroxyl groups is 1. The first-order valence-corrected chi connectivity index (χ1v) is 13.6. The molecule has 9 nitrogen and oxygen atoms in total. The van der Waals surface area contributed by atoms with Gasteiger partial charge in [0.2, 0.25) is 0 Å². The van der Waals surface area contributed by atoms with Gasteiger partial charge in [-0.05, 0) is 51.5 Å². The van der Waals surface area contributed by atoms with E-state index in [1.165, 1.54) is 0 Å². The summed E-state index contributed by atoms with van der Waals surface area (Å²) in [6.07, 6.45) is 5.38. The van der Waals surface area contributed by atoms with Crippen LogP contribution in [0, 0.1) is 13.8 Å². The molecule has 4 aromatic rings. The van der Waals surface area contributed by atoms with Crippen molar-refractivity contribution >= 4 is 16.8 Å². The molecule has 0 spiro atoms. The highest BCUT2D eigenvalue weighted by molar-refractivity contribution is 6.04. The van der Waals surface area contributed by atoms with Crippen molar-refractivity contribution in [3.05, 3.63) is 65.4 Å². The van der Waals surface area contributed by atoms with Crippen LogP contribution >= 0.6 is 0 Å². The van der Waals surface area contributed by atoms with Crippen LogP contribution in [-0.2, 0) is 19.2 Å². The van der Waals surface area contributed by atoms with Crippen molar-refractivity contribution in [2.24, 2.45) is 7.05 Å². The van der Waals surface area contributed by atoms with E-state index in [4.69, 9.17) is 4.42 Å². The van der Waals surface area contributed by atoms with Crippen LogP contribution in [0.4, 0.5) is 0 Å². The SMILES string of the molecule is CC.Cc1nc(CN2CCN(C(=O)c3cc4c(-c5ccnc(C(C)(C)O)n5)cn(C)c4cc3C)C(C)C2)co1. The summed E-state index contributed by atoms with van der Waals surface area (Å²) in [6.45, 7) is 16.2. The van der Waals surface area contributed by atoms with E-state index in [9.17, 15) is 9.90 Å². The quantitative estimate of drug-likeness (QED) is 0.393. The highest BCUT2D eigenvalue weighted by atomic mass is 16.3. The third kappa shape index (κ3) is 5.89. The molecule has 1 fully saturated rings. The van der Waals surface area contributed by atoms with Crippen molar-refractivity contribution in [3.8, 4) is 11.3 Å². The lowest BCUT2D eigenvalue weighted by Gasteiger charge is -2.39. The number of carbonyl (C=O) groups is 1. The number of nitrogens with zero attached hydrogens (tertiary/aromatic N) is 6. The summed E-state index contributed by atoms with van der Waals surface area (Å²) in [5.74, 6) is 1.07. The first kappa shape index (κ1) is 28.4. The summed E-state index contributed by atoms with van der Waals surface area (Å²) in [5.41, 5.74) is 4.05. The van der Waals surface area contributed by atoms with Gasteiger partial charge in [-0.2, -0.15) is 0 Å². The maximum absolute atomic E-state index is 13.8. The molecule has 1 aliphatic heterocycles. The molecule has 39 heavy (non-hydrogen) atoms. The molecule has 4 heterocycles. The van der Waals surface area contributed by atoms with E-state index in [0.29, 0.717) is 36.1 Å². The van der Waals surface area contributed by atoms with Crippen molar-refractivity contribution in [1.29, 1.82) is 0 Å². The van der Waals surface area contributed by atoms with Crippen LogP contribution in [0.2, 0.25) is 0 Å². The van der Waals surface area contributed by atoms with Gasteiger partial charge in [-0.15, -0.1) is 0 Å². The average molecular weight is 533 g/mol. The van der Waals surface area contributed by atoms with Crippen molar-refractivity contribution < 1.29 is 14.3 Å². The Kier molecular flexibility index (Phi) is 8.23. The Morgan fingerprint density at radius 2 is 1.92 bits per heavy atom. The molecular formula is C30H40N6O3. The Labute approximate surface area is 230 Å². The van der Waals surface area contributed by atoms with E-state index in [1.807, 2.05) is 62.5 Å². The maximum atomic E-state index is 13.8. The van der Waals surface area contributed by atoms with Gasteiger partial charge in [0.25, 0.3) is 5.91 Å². The number of hydrogen-bond donors (Lipinski definition) is 1. The standard InChI is InChI=1S/C28H34N6O3.C2H6/c1-17-11-25-22(23(15-32(25)6)24-7-8-29-27(31-24)28(4,5)36)12-21(17)26(35)34-10-9-33(13-18(34)2)14-20-16-37-19(3)30-20;1-2/h7-8,11-12,15-16,18,36H,9-10,13-14H2,1-6H3;1-2H3. The second kappa shape index (κ2) is 11.3.